The normalized spacial score (nSPS) is 10.9. The number of amides is 2. The van der Waals surface area contributed by atoms with Crippen molar-refractivity contribution >= 4 is 29.2 Å². The van der Waals surface area contributed by atoms with Gasteiger partial charge in [-0.15, -0.1) is 0 Å². The summed E-state index contributed by atoms with van der Waals surface area (Å²) in [6.45, 7) is 5.94. The molecule has 0 radical (unpaired) electrons. The van der Waals surface area contributed by atoms with E-state index in [0.717, 1.165) is 0 Å². The number of rotatable bonds is 10. The molecule has 3 rings (SSSR count). The molecule has 10 heteroatoms. The Morgan fingerprint density at radius 1 is 0.950 bits per heavy atom. The number of nitrogens with zero attached hydrogens (tertiary/aromatic N) is 1. The summed E-state index contributed by atoms with van der Waals surface area (Å²) in [5.74, 6) is -0.291. The van der Waals surface area contributed by atoms with Gasteiger partial charge in [0.2, 0.25) is 5.78 Å². The van der Waals surface area contributed by atoms with Crippen LogP contribution < -0.4 is 25.4 Å². The van der Waals surface area contributed by atoms with E-state index in [2.05, 4.69) is 5.32 Å². The first-order valence-corrected chi connectivity index (χ1v) is 12.7. The van der Waals surface area contributed by atoms with Crippen LogP contribution in [0.15, 0.2) is 60.7 Å². The maximum Gasteiger partial charge on any atom is 0.407 e. The average Bonchev–Trinajstić information content (AvgIpc) is 2.91. The SMILES string of the molecule is COc1c(C(=O)c2ccccc2OCCCNC(=O)OC(C)(C)C)ccc(C(=O)N(C)c2ccc(O)cc2)c1N. The maximum absolute atomic E-state index is 13.6. The van der Waals surface area contributed by atoms with E-state index < -0.39 is 23.4 Å². The molecule has 0 fully saturated rings. The second-order valence-corrected chi connectivity index (χ2v) is 9.94. The quantitative estimate of drug-likeness (QED) is 0.186. The van der Waals surface area contributed by atoms with Crippen molar-refractivity contribution in [1.29, 1.82) is 0 Å². The molecule has 0 saturated carbocycles. The van der Waals surface area contributed by atoms with Crippen molar-refractivity contribution in [3.05, 3.63) is 77.4 Å². The highest BCUT2D eigenvalue weighted by molar-refractivity contribution is 6.16. The monoisotopic (exact) mass is 549 g/mol. The summed E-state index contributed by atoms with van der Waals surface area (Å²) in [5.41, 5.74) is 6.94. The van der Waals surface area contributed by atoms with E-state index in [1.54, 1.807) is 64.2 Å². The van der Waals surface area contributed by atoms with Crippen LogP contribution in [0.25, 0.3) is 0 Å². The number of nitrogens with two attached hydrogens (primary N) is 1. The number of aromatic hydroxyl groups is 1. The third-order valence-electron chi connectivity index (χ3n) is 5.80. The largest absolute Gasteiger partial charge is 0.508 e. The highest BCUT2D eigenvalue weighted by atomic mass is 16.6. The molecule has 0 saturated heterocycles. The first kappa shape index (κ1) is 29.8. The average molecular weight is 550 g/mol. The molecule has 2 amide bonds. The van der Waals surface area contributed by atoms with Crippen molar-refractivity contribution in [3.63, 3.8) is 0 Å². The standard InChI is InChI=1S/C30H35N3O7/c1-30(2,3)40-29(37)32-17-8-18-39-24-10-7-6-9-21(24)26(35)23-16-15-22(25(31)27(23)38-5)28(36)33(4)19-11-13-20(34)14-12-19/h6-7,9-16,34H,8,17-18,31H2,1-5H3,(H,32,37). The third-order valence-corrected chi connectivity index (χ3v) is 5.80. The van der Waals surface area contributed by atoms with Gasteiger partial charge in [-0.05, 0) is 75.7 Å². The van der Waals surface area contributed by atoms with Crippen molar-refractivity contribution in [1.82, 2.24) is 5.32 Å². The van der Waals surface area contributed by atoms with Gasteiger partial charge in [-0.3, -0.25) is 9.59 Å². The minimum atomic E-state index is -0.585. The van der Waals surface area contributed by atoms with Gasteiger partial charge in [0.15, 0.2) is 5.75 Å². The van der Waals surface area contributed by atoms with Gasteiger partial charge in [-0.1, -0.05) is 12.1 Å². The molecule has 0 aromatic heterocycles. The van der Waals surface area contributed by atoms with Gasteiger partial charge < -0.3 is 35.3 Å². The van der Waals surface area contributed by atoms with E-state index in [1.807, 2.05) is 0 Å². The summed E-state index contributed by atoms with van der Waals surface area (Å²) in [7, 11) is 2.96. The van der Waals surface area contributed by atoms with Crippen LogP contribution >= 0.6 is 0 Å². The summed E-state index contributed by atoms with van der Waals surface area (Å²) >= 11 is 0. The van der Waals surface area contributed by atoms with Gasteiger partial charge in [0.1, 0.15) is 17.1 Å². The molecule has 40 heavy (non-hydrogen) atoms. The summed E-state index contributed by atoms with van der Waals surface area (Å²) in [5, 5.41) is 12.2. The Bertz CT molecular complexity index is 1360. The first-order valence-electron chi connectivity index (χ1n) is 12.7. The minimum Gasteiger partial charge on any atom is -0.508 e. The molecule has 0 bridgehead atoms. The third kappa shape index (κ3) is 7.43. The Hall–Kier alpha value is -4.73. The van der Waals surface area contributed by atoms with E-state index in [4.69, 9.17) is 19.9 Å². The fourth-order valence-electron chi connectivity index (χ4n) is 3.84. The predicted octanol–water partition coefficient (Wildman–Crippen LogP) is 4.78. The predicted molar refractivity (Wildman–Crippen MR) is 152 cm³/mol. The second kappa shape index (κ2) is 12.9. The lowest BCUT2D eigenvalue weighted by molar-refractivity contribution is 0.0525. The van der Waals surface area contributed by atoms with E-state index in [1.165, 1.54) is 36.3 Å². The lowest BCUT2D eigenvalue weighted by Crippen LogP contribution is -2.33. The maximum atomic E-state index is 13.6. The first-order chi connectivity index (χ1) is 18.9. The number of carbonyl (C=O) groups is 3. The van der Waals surface area contributed by atoms with Crippen LogP contribution in [0.4, 0.5) is 16.2 Å². The number of benzene rings is 3. The number of nitrogens with one attached hydrogen (secondary N) is 1. The molecule has 212 valence electrons. The highest BCUT2D eigenvalue weighted by Crippen LogP contribution is 2.34. The Morgan fingerprint density at radius 2 is 1.60 bits per heavy atom. The van der Waals surface area contributed by atoms with Crippen molar-refractivity contribution in [2.24, 2.45) is 0 Å². The number of carbonyl (C=O) groups excluding carboxylic acids is 3. The van der Waals surface area contributed by atoms with E-state index in [0.29, 0.717) is 30.0 Å². The van der Waals surface area contributed by atoms with Crippen LogP contribution in [0, 0.1) is 0 Å². The smallest absolute Gasteiger partial charge is 0.407 e. The Labute approximate surface area is 233 Å². The summed E-state index contributed by atoms with van der Waals surface area (Å²) in [6, 6.07) is 15.9. The molecule has 0 spiro atoms. The van der Waals surface area contributed by atoms with Crippen molar-refractivity contribution in [2.45, 2.75) is 32.8 Å². The minimum absolute atomic E-state index is 0.0237. The number of alkyl carbamates (subject to hydrolysis) is 1. The lowest BCUT2D eigenvalue weighted by atomic mass is 9.98. The topological polar surface area (TPSA) is 140 Å². The number of methoxy groups -OCH3 is 1. The number of ether oxygens (including phenoxy) is 3. The van der Waals surface area contributed by atoms with Gasteiger partial charge in [-0.25, -0.2) is 4.79 Å². The molecule has 0 aliphatic heterocycles. The van der Waals surface area contributed by atoms with Crippen molar-refractivity contribution in [2.75, 3.05) is 37.9 Å². The number of nitrogen functional groups attached to an aromatic ring is 1. The number of phenolic OH excluding ortho intramolecular Hbond substituents is 1. The van der Waals surface area contributed by atoms with Crippen LogP contribution in [-0.4, -0.2) is 55.8 Å². The number of anilines is 2. The van der Waals surface area contributed by atoms with E-state index in [-0.39, 0.29) is 34.9 Å². The highest BCUT2D eigenvalue weighted by Gasteiger charge is 2.25. The number of ketones is 1. The molecule has 10 nitrogen and oxygen atoms in total. The summed E-state index contributed by atoms with van der Waals surface area (Å²) in [6.07, 6.45) is -0.0208. The molecule has 4 N–H and O–H groups in total. The molecule has 0 aliphatic carbocycles. The lowest BCUT2D eigenvalue weighted by Gasteiger charge is -2.20. The van der Waals surface area contributed by atoms with Gasteiger partial charge >= 0.3 is 6.09 Å². The molecule has 3 aromatic carbocycles. The summed E-state index contributed by atoms with van der Waals surface area (Å²) < 4.78 is 16.5. The Balaban J connectivity index is 1.75. The van der Waals surface area contributed by atoms with Crippen LogP contribution in [-0.2, 0) is 4.74 Å². The van der Waals surface area contributed by atoms with Gasteiger partial charge in [-0.2, -0.15) is 0 Å². The molecule has 0 atom stereocenters. The molecule has 0 aliphatic rings. The molecular formula is C30H35N3O7. The number of para-hydroxylation sites is 1. The van der Waals surface area contributed by atoms with Crippen LogP contribution in [0.1, 0.15) is 53.5 Å². The van der Waals surface area contributed by atoms with E-state index in [9.17, 15) is 19.5 Å². The molecular weight excluding hydrogens is 514 g/mol. The number of hydrogen-bond acceptors (Lipinski definition) is 8. The number of hydrogen-bond donors (Lipinski definition) is 3. The van der Waals surface area contributed by atoms with Crippen molar-refractivity contribution in [3.8, 4) is 17.2 Å². The van der Waals surface area contributed by atoms with Crippen molar-refractivity contribution < 1.29 is 33.7 Å². The van der Waals surface area contributed by atoms with Gasteiger partial charge in [0.05, 0.1) is 36.1 Å². The Morgan fingerprint density at radius 3 is 2.25 bits per heavy atom. The van der Waals surface area contributed by atoms with Crippen LogP contribution in [0.3, 0.4) is 0 Å². The Kier molecular flexibility index (Phi) is 9.60. The zero-order valence-corrected chi connectivity index (χ0v) is 23.3. The summed E-state index contributed by atoms with van der Waals surface area (Å²) in [4.78, 5) is 39.9. The molecule has 0 unspecified atom stereocenters. The van der Waals surface area contributed by atoms with Crippen LogP contribution in [0.2, 0.25) is 0 Å². The molecule has 3 aromatic rings. The second-order valence-electron chi connectivity index (χ2n) is 9.94. The fourth-order valence-corrected chi connectivity index (χ4v) is 3.84. The fraction of sp³-hybridized carbons (Fsp3) is 0.300. The zero-order chi connectivity index (χ0) is 29.4. The van der Waals surface area contributed by atoms with Gasteiger partial charge in [0, 0.05) is 19.3 Å². The van der Waals surface area contributed by atoms with Gasteiger partial charge in [0.25, 0.3) is 5.91 Å². The number of phenols is 1. The zero-order valence-electron chi connectivity index (χ0n) is 23.3. The van der Waals surface area contributed by atoms with Crippen LogP contribution in [0.5, 0.6) is 17.2 Å². The van der Waals surface area contributed by atoms with E-state index >= 15 is 0 Å². The molecule has 0 heterocycles.